The number of halogens is 1. The van der Waals surface area contributed by atoms with Crippen LogP contribution in [0.1, 0.15) is 13.3 Å². The standard InChI is InChI=1S/C14H15ClN2/c1-9-6-10(9)8-17-13-4-5-16-14-7-11(15)2-3-12(13)14/h2-5,7,9-10H,6,8H2,1H3,(H,16,17). The highest BCUT2D eigenvalue weighted by Crippen LogP contribution is 2.38. The Balaban J connectivity index is 1.87. The van der Waals surface area contributed by atoms with E-state index in [4.69, 9.17) is 11.6 Å². The molecule has 1 aromatic heterocycles. The lowest BCUT2D eigenvalue weighted by Crippen LogP contribution is -2.04. The van der Waals surface area contributed by atoms with Gasteiger partial charge in [-0.1, -0.05) is 18.5 Å². The predicted octanol–water partition coefficient (Wildman–Crippen LogP) is 3.96. The lowest BCUT2D eigenvalue weighted by Gasteiger charge is -2.09. The van der Waals surface area contributed by atoms with Gasteiger partial charge in [-0.05, 0) is 42.5 Å². The van der Waals surface area contributed by atoms with Crippen LogP contribution in [0.4, 0.5) is 5.69 Å². The van der Waals surface area contributed by atoms with Crippen molar-refractivity contribution in [3.05, 3.63) is 35.5 Å². The summed E-state index contributed by atoms with van der Waals surface area (Å²) in [4.78, 5) is 4.34. The summed E-state index contributed by atoms with van der Waals surface area (Å²) in [5.41, 5.74) is 2.11. The highest BCUT2D eigenvalue weighted by Gasteiger charge is 2.31. The zero-order valence-electron chi connectivity index (χ0n) is 9.78. The zero-order chi connectivity index (χ0) is 11.8. The minimum atomic E-state index is 0.734. The molecule has 3 heteroatoms. The van der Waals surface area contributed by atoms with Crippen LogP contribution in [-0.2, 0) is 0 Å². The van der Waals surface area contributed by atoms with Crippen molar-refractivity contribution in [1.29, 1.82) is 0 Å². The minimum Gasteiger partial charge on any atom is -0.384 e. The van der Waals surface area contributed by atoms with Crippen molar-refractivity contribution in [2.45, 2.75) is 13.3 Å². The second-order valence-electron chi connectivity index (χ2n) is 4.87. The Hall–Kier alpha value is -1.28. The summed E-state index contributed by atoms with van der Waals surface area (Å²) in [7, 11) is 0. The maximum atomic E-state index is 5.97. The van der Waals surface area contributed by atoms with Gasteiger partial charge in [-0.15, -0.1) is 0 Å². The van der Waals surface area contributed by atoms with Crippen LogP contribution >= 0.6 is 11.6 Å². The third kappa shape index (κ3) is 2.22. The molecule has 2 unspecified atom stereocenters. The van der Waals surface area contributed by atoms with Crippen LogP contribution in [0, 0.1) is 11.8 Å². The third-order valence-electron chi connectivity index (χ3n) is 3.54. The average molecular weight is 247 g/mol. The molecule has 1 fully saturated rings. The van der Waals surface area contributed by atoms with Gasteiger partial charge in [0.25, 0.3) is 0 Å². The number of hydrogen-bond acceptors (Lipinski definition) is 2. The van der Waals surface area contributed by atoms with Crippen molar-refractivity contribution in [3.8, 4) is 0 Å². The number of benzene rings is 1. The van der Waals surface area contributed by atoms with Crippen LogP contribution in [-0.4, -0.2) is 11.5 Å². The van der Waals surface area contributed by atoms with Crippen LogP contribution in [0.3, 0.4) is 0 Å². The molecule has 3 rings (SSSR count). The van der Waals surface area contributed by atoms with Crippen LogP contribution in [0.5, 0.6) is 0 Å². The van der Waals surface area contributed by atoms with Gasteiger partial charge in [-0.25, -0.2) is 0 Å². The van der Waals surface area contributed by atoms with E-state index in [-0.39, 0.29) is 0 Å². The second-order valence-corrected chi connectivity index (χ2v) is 5.31. The Morgan fingerprint density at radius 1 is 1.41 bits per heavy atom. The largest absolute Gasteiger partial charge is 0.384 e. The fraction of sp³-hybridized carbons (Fsp3) is 0.357. The normalized spacial score (nSPS) is 22.7. The fourth-order valence-corrected chi connectivity index (χ4v) is 2.37. The molecule has 1 aliphatic carbocycles. The Morgan fingerprint density at radius 2 is 2.24 bits per heavy atom. The number of nitrogens with zero attached hydrogens (tertiary/aromatic N) is 1. The topological polar surface area (TPSA) is 24.9 Å². The molecule has 0 saturated heterocycles. The van der Waals surface area contributed by atoms with E-state index < -0.39 is 0 Å². The molecule has 0 radical (unpaired) electrons. The number of fused-ring (bicyclic) bond motifs is 1. The van der Waals surface area contributed by atoms with E-state index in [1.807, 2.05) is 30.5 Å². The Labute approximate surface area is 106 Å². The first-order valence-corrected chi connectivity index (χ1v) is 6.40. The number of nitrogens with one attached hydrogen (secondary N) is 1. The van der Waals surface area contributed by atoms with Gasteiger partial charge >= 0.3 is 0 Å². The lowest BCUT2D eigenvalue weighted by molar-refractivity contribution is 0.787. The molecule has 2 nitrogen and oxygen atoms in total. The zero-order valence-corrected chi connectivity index (χ0v) is 10.5. The monoisotopic (exact) mass is 246 g/mol. The average Bonchev–Trinajstić information content (AvgIpc) is 3.02. The van der Waals surface area contributed by atoms with E-state index in [2.05, 4.69) is 17.2 Å². The molecule has 2 aromatic rings. The maximum Gasteiger partial charge on any atom is 0.0737 e. The first-order chi connectivity index (χ1) is 8.24. The number of rotatable bonds is 3. The van der Waals surface area contributed by atoms with Crippen molar-refractivity contribution in [3.63, 3.8) is 0 Å². The molecule has 0 amide bonds. The molecule has 1 heterocycles. The fourth-order valence-electron chi connectivity index (χ4n) is 2.20. The maximum absolute atomic E-state index is 5.97. The molecule has 0 spiro atoms. The van der Waals surface area contributed by atoms with E-state index in [9.17, 15) is 0 Å². The Kier molecular flexibility index (Phi) is 2.67. The van der Waals surface area contributed by atoms with Gasteiger partial charge < -0.3 is 5.32 Å². The molecule has 1 aromatic carbocycles. The van der Waals surface area contributed by atoms with Crippen molar-refractivity contribution in [2.24, 2.45) is 11.8 Å². The number of aromatic nitrogens is 1. The summed E-state index contributed by atoms with van der Waals surface area (Å²) in [6.07, 6.45) is 3.18. The van der Waals surface area contributed by atoms with Gasteiger partial charge in [-0.3, -0.25) is 4.98 Å². The number of pyridine rings is 1. The molecule has 1 saturated carbocycles. The van der Waals surface area contributed by atoms with Gasteiger partial charge in [0.05, 0.1) is 5.52 Å². The molecule has 1 N–H and O–H groups in total. The van der Waals surface area contributed by atoms with Crippen molar-refractivity contribution < 1.29 is 0 Å². The van der Waals surface area contributed by atoms with Crippen LogP contribution in [0.25, 0.3) is 10.9 Å². The van der Waals surface area contributed by atoms with Gasteiger partial charge in [-0.2, -0.15) is 0 Å². The van der Waals surface area contributed by atoms with E-state index in [1.165, 1.54) is 6.42 Å². The molecule has 2 atom stereocenters. The summed E-state index contributed by atoms with van der Waals surface area (Å²) in [5.74, 6) is 1.72. The molecule has 17 heavy (non-hydrogen) atoms. The summed E-state index contributed by atoms with van der Waals surface area (Å²) < 4.78 is 0. The van der Waals surface area contributed by atoms with E-state index in [0.717, 1.165) is 40.0 Å². The third-order valence-corrected chi connectivity index (χ3v) is 3.77. The van der Waals surface area contributed by atoms with E-state index in [1.54, 1.807) is 0 Å². The Bertz CT molecular complexity index is 553. The Morgan fingerprint density at radius 3 is 3.00 bits per heavy atom. The van der Waals surface area contributed by atoms with Crippen LogP contribution < -0.4 is 5.32 Å². The van der Waals surface area contributed by atoms with Gasteiger partial charge in [0.1, 0.15) is 0 Å². The van der Waals surface area contributed by atoms with Crippen molar-refractivity contribution in [1.82, 2.24) is 4.98 Å². The molecular weight excluding hydrogens is 232 g/mol. The van der Waals surface area contributed by atoms with Gasteiger partial charge in [0.15, 0.2) is 0 Å². The molecule has 0 aliphatic heterocycles. The molecular formula is C14H15ClN2. The van der Waals surface area contributed by atoms with Crippen molar-refractivity contribution >= 4 is 28.2 Å². The first kappa shape index (κ1) is 10.8. The van der Waals surface area contributed by atoms with Gasteiger partial charge in [0.2, 0.25) is 0 Å². The second kappa shape index (κ2) is 4.19. The molecule has 0 bridgehead atoms. The van der Waals surface area contributed by atoms with Crippen molar-refractivity contribution in [2.75, 3.05) is 11.9 Å². The smallest absolute Gasteiger partial charge is 0.0737 e. The van der Waals surface area contributed by atoms with E-state index in [0.29, 0.717) is 0 Å². The van der Waals surface area contributed by atoms with E-state index >= 15 is 0 Å². The number of hydrogen-bond donors (Lipinski definition) is 1. The highest BCUT2D eigenvalue weighted by atomic mass is 35.5. The predicted molar refractivity (Wildman–Crippen MR) is 72.5 cm³/mol. The van der Waals surface area contributed by atoms with Crippen LogP contribution in [0.15, 0.2) is 30.5 Å². The summed E-state index contributed by atoms with van der Waals surface area (Å²) >= 11 is 5.97. The summed E-state index contributed by atoms with van der Waals surface area (Å²) in [6.45, 7) is 3.36. The number of anilines is 1. The molecule has 1 aliphatic rings. The van der Waals surface area contributed by atoms with Gasteiger partial charge in [0, 0.05) is 28.8 Å². The van der Waals surface area contributed by atoms with Crippen LogP contribution in [0.2, 0.25) is 5.02 Å². The quantitative estimate of drug-likeness (QED) is 0.887. The highest BCUT2D eigenvalue weighted by molar-refractivity contribution is 6.31. The lowest BCUT2D eigenvalue weighted by atomic mass is 10.2. The first-order valence-electron chi connectivity index (χ1n) is 6.02. The molecule has 88 valence electrons. The minimum absolute atomic E-state index is 0.734. The summed E-state index contributed by atoms with van der Waals surface area (Å²) in [6, 6.07) is 7.88. The SMILES string of the molecule is CC1CC1CNc1ccnc2cc(Cl)ccc12. The summed E-state index contributed by atoms with van der Waals surface area (Å²) in [5, 5.41) is 5.39.